The lowest BCUT2D eigenvalue weighted by Crippen LogP contribution is -2.52. The molecule has 6 nitrogen and oxygen atoms in total. The van der Waals surface area contributed by atoms with Gasteiger partial charge in [-0.25, -0.2) is 0 Å². The second-order valence-electron chi connectivity index (χ2n) is 5.41. The molecule has 0 saturated heterocycles. The molecule has 1 aliphatic rings. The second-order valence-corrected chi connectivity index (χ2v) is 5.41. The van der Waals surface area contributed by atoms with E-state index in [9.17, 15) is 0 Å². The number of hydrogen-bond donors (Lipinski definition) is 2. The van der Waals surface area contributed by atoms with E-state index < -0.39 is 0 Å². The summed E-state index contributed by atoms with van der Waals surface area (Å²) in [4.78, 5) is 8.68. The number of hydrogen-bond acceptors (Lipinski definition) is 6. The summed E-state index contributed by atoms with van der Waals surface area (Å²) in [5, 5.41) is 3.44. The Morgan fingerprint density at radius 3 is 2.45 bits per heavy atom. The van der Waals surface area contributed by atoms with Crippen molar-refractivity contribution in [2.75, 3.05) is 26.1 Å². The number of nitrogens with one attached hydrogen (secondary N) is 1. The van der Waals surface area contributed by atoms with Gasteiger partial charge < -0.3 is 20.5 Å². The molecule has 0 aliphatic heterocycles. The van der Waals surface area contributed by atoms with E-state index in [-0.39, 0.29) is 5.54 Å². The van der Waals surface area contributed by atoms with Crippen molar-refractivity contribution in [1.82, 2.24) is 9.97 Å². The lowest BCUT2D eigenvalue weighted by molar-refractivity contribution is 0.234. The lowest BCUT2D eigenvalue weighted by atomic mass is 9.73. The molecule has 1 fully saturated rings. The highest BCUT2D eigenvalue weighted by Crippen LogP contribution is 2.35. The molecular formula is C14H24N4O2. The molecular weight excluding hydrogens is 256 g/mol. The predicted molar refractivity (Wildman–Crippen MR) is 78.2 cm³/mol. The number of rotatable bonds is 5. The van der Waals surface area contributed by atoms with Crippen molar-refractivity contribution >= 4 is 5.95 Å². The fraction of sp³-hybridized carbons (Fsp3) is 0.714. The minimum atomic E-state index is -0.143. The van der Waals surface area contributed by atoms with Gasteiger partial charge in [-0.15, -0.1) is 0 Å². The molecule has 1 saturated carbocycles. The van der Waals surface area contributed by atoms with Gasteiger partial charge in [-0.2, -0.15) is 9.97 Å². The van der Waals surface area contributed by atoms with Crippen LogP contribution < -0.4 is 20.5 Å². The third-order valence-electron chi connectivity index (χ3n) is 4.28. The normalized spacial score (nSPS) is 26.1. The molecule has 1 heterocycles. The van der Waals surface area contributed by atoms with Gasteiger partial charge in [0.15, 0.2) is 0 Å². The molecule has 2 atom stereocenters. The molecule has 0 bridgehead atoms. The first-order valence-electron chi connectivity index (χ1n) is 7.09. The Bertz CT molecular complexity index is 433. The van der Waals surface area contributed by atoms with Crippen molar-refractivity contribution in [3.05, 3.63) is 6.07 Å². The average Bonchev–Trinajstić information content (AvgIpc) is 2.49. The first kappa shape index (κ1) is 14.8. The maximum Gasteiger partial charge on any atom is 0.229 e. The molecule has 0 amide bonds. The van der Waals surface area contributed by atoms with Crippen LogP contribution in [0.15, 0.2) is 6.07 Å². The first-order chi connectivity index (χ1) is 9.63. The lowest BCUT2D eigenvalue weighted by Gasteiger charge is -2.42. The Labute approximate surface area is 120 Å². The van der Waals surface area contributed by atoms with Gasteiger partial charge in [0.1, 0.15) is 0 Å². The first-order valence-corrected chi connectivity index (χ1v) is 7.09. The Balaban J connectivity index is 2.26. The van der Waals surface area contributed by atoms with Crippen LogP contribution in [-0.4, -0.2) is 36.3 Å². The molecule has 2 unspecified atom stereocenters. The Kier molecular flexibility index (Phi) is 4.65. The topological polar surface area (TPSA) is 82.3 Å². The third kappa shape index (κ3) is 2.95. The maximum absolute atomic E-state index is 6.04. The van der Waals surface area contributed by atoms with Crippen LogP contribution >= 0.6 is 0 Å². The molecule has 1 aromatic rings. The largest absolute Gasteiger partial charge is 0.481 e. The Hall–Kier alpha value is -1.56. The van der Waals surface area contributed by atoms with Gasteiger partial charge in [0.2, 0.25) is 17.7 Å². The van der Waals surface area contributed by atoms with Crippen LogP contribution in [0.2, 0.25) is 0 Å². The summed E-state index contributed by atoms with van der Waals surface area (Å²) in [5.41, 5.74) is 5.89. The minimum absolute atomic E-state index is 0.143. The summed E-state index contributed by atoms with van der Waals surface area (Å²) >= 11 is 0. The number of anilines is 1. The fourth-order valence-corrected chi connectivity index (χ4v) is 2.85. The summed E-state index contributed by atoms with van der Waals surface area (Å²) in [6.45, 7) is 2.80. The van der Waals surface area contributed by atoms with Crippen LogP contribution in [0.4, 0.5) is 5.95 Å². The van der Waals surface area contributed by atoms with Crippen LogP contribution in [0.3, 0.4) is 0 Å². The van der Waals surface area contributed by atoms with E-state index in [4.69, 9.17) is 15.2 Å². The van der Waals surface area contributed by atoms with E-state index in [0.717, 1.165) is 6.42 Å². The quantitative estimate of drug-likeness (QED) is 0.856. The van der Waals surface area contributed by atoms with Gasteiger partial charge in [0.25, 0.3) is 0 Å². The van der Waals surface area contributed by atoms with Gasteiger partial charge >= 0.3 is 0 Å². The zero-order chi connectivity index (χ0) is 14.6. The highest BCUT2D eigenvalue weighted by molar-refractivity contribution is 5.37. The smallest absolute Gasteiger partial charge is 0.229 e. The van der Waals surface area contributed by atoms with Crippen molar-refractivity contribution in [1.29, 1.82) is 0 Å². The Morgan fingerprint density at radius 2 is 1.95 bits per heavy atom. The van der Waals surface area contributed by atoms with Crippen molar-refractivity contribution in [2.24, 2.45) is 11.7 Å². The zero-order valence-electron chi connectivity index (χ0n) is 12.5. The standard InChI is InChI=1S/C14H24N4O2/c1-10-6-4-5-7-14(10,9-15)18-13-16-11(19-2)8-12(17-13)20-3/h8,10H,4-7,9,15H2,1-3H3,(H,16,17,18). The molecule has 112 valence electrons. The fourth-order valence-electron chi connectivity index (χ4n) is 2.85. The highest BCUT2D eigenvalue weighted by Gasteiger charge is 2.37. The van der Waals surface area contributed by atoms with Crippen molar-refractivity contribution in [2.45, 2.75) is 38.1 Å². The van der Waals surface area contributed by atoms with Gasteiger partial charge in [-0.3, -0.25) is 0 Å². The van der Waals surface area contributed by atoms with E-state index in [1.165, 1.54) is 19.3 Å². The van der Waals surface area contributed by atoms with Crippen LogP contribution in [0.5, 0.6) is 11.8 Å². The van der Waals surface area contributed by atoms with Crippen LogP contribution in [-0.2, 0) is 0 Å². The summed E-state index contributed by atoms with van der Waals surface area (Å²) in [7, 11) is 3.15. The average molecular weight is 280 g/mol. The second kappa shape index (κ2) is 6.26. The number of nitrogens with two attached hydrogens (primary N) is 1. The van der Waals surface area contributed by atoms with E-state index >= 15 is 0 Å². The van der Waals surface area contributed by atoms with E-state index in [0.29, 0.717) is 30.2 Å². The number of aromatic nitrogens is 2. The highest BCUT2D eigenvalue weighted by atomic mass is 16.5. The molecule has 6 heteroatoms. The monoisotopic (exact) mass is 280 g/mol. The summed E-state index contributed by atoms with van der Waals surface area (Å²) in [5.74, 6) is 1.97. The van der Waals surface area contributed by atoms with E-state index in [1.807, 2.05) is 0 Å². The number of nitrogens with zero attached hydrogens (tertiary/aromatic N) is 2. The predicted octanol–water partition coefficient (Wildman–Crippen LogP) is 1.81. The maximum atomic E-state index is 6.04. The van der Waals surface area contributed by atoms with Gasteiger partial charge in [0.05, 0.1) is 25.8 Å². The summed E-state index contributed by atoms with van der Waals surface area (Å²) in [6, 6.07) is 1.66. The van der Waals surface area contributed by atoms with Crippen molar-refractivity contribution in [3.8, 4) is 11.8 Å². The molecule has 1 aromatic heterocycles. The van der Waals surface area contributed by atoms with E-state index in [2.05, 4.69) is 22.2 Å². The van der Waals surface area contributed by atoms with Crippen LogP contribution in [0.1, 0.15) is 32.6 Å². The molecule has 1 aliphatic carbocycles. The van der Waals surface area contributed by atoms with Gasteiger partial charge in [-0.05, 0) is 18.8 Å². The SMILES string of the molecule is COc1cc(OC)nc(NC2(CN)CCCCC2C)n1. The molecule has 3 N–H and O–H groups in total. The molecule has 0 spiro atoms. The summed E-state index contributed by atoms with van der Waals surface area (Å²) < 4.78 is 10.4. The van der Waals surface area contributed by atoms with Crippen molar-refractivity contribution < 1.29 is 9.47 Å². The third-order valence-corrected chi connectivity index (χ3v) is 4.28. The molecule has 20 heavy (non-hydrogen) atoms. The van der Waals surface area contributed by atoms with Crippen molar-refractivity contribution in [3.63, 3.8) is 0 Å². The zero-order valence-corrected chi connectivity index (χ0v) is 12.5. The van der Waals surface area contributed by atoms with Gasteiger partial charge in [-0.1, -0.05) is 19.8 Å². The molecule has 0 aromatic carbocycles. The van der Waals surface area contributed by atoms with Crippen LogP contribution in [0.25, 0.3) is 0 Å². The molecule has 2 rings (SSSR count). The van der Waals surface area contributed by atoms with E-state index in [1.54, 1.807) is 20.3 Å². The summed E-state index contributed by atoms with van der Waals surface area (Å²) in [6.07, 6.45) is 4.64. The number of ether oxygens (including phenoxy) is 2. The van der Waals surface area contributed by atoms with Gasteiger partial charge in [0, 0.05) is 6.54 Å². The molecule has 0 radical (unpaired) electrons. The minimum Gasteiger partial charge on any atom is -0.481 e. The number of methoxy groups -OCH3 is 2. The Morgan fingerprint density at radius 1 is 1.30 bits per heavy atom. The van der Waals surface area contributed by atoms with Crippen LogP contribution in [0, 0.1) is 5.92 Å².